The molecule has 186 valence electrons. The first-order chi connectivity index (χ1) is 15.5. The van der Waals surface area contributed by atoms with Gasteiger partial charge in [-0.2, -0.15) is 0 Å². The van der Waals surface area contributed by atoms with Crippen molar-refractivity contribution >= 4 is 5.78 Å². The van der Waals surface area contributed by atoms with Gasteiger partial charge in [-0.05, 0) is 67.1 Å². The summed E-state index contributed by atoms with van der Waals surface area (Å²) in [5.74, 6) is 1.80. The fourth-order valence-electron chi connectivity index (χ4n) is 10.1. The highest BCUT2D eigenvalue weighted by atomic mass is 16.7. The second kappa shape index (κ2) is 7.03. The summed E-state index contributed by atoms with van der Waals surface area (Å²) in [4.78, 5) is 13.5. The monoisotopic (exact) mass is 461 g/mol. The zero-order chi connectivity index (χ0) is 23.6. The Balaban J connectivity index is 1.31. The molecule has 0 radical (unpaired) electrons. The lowest BCUT2D eigenvalue weighted by Gasteiger charge is -2.63. The summed E-state index contributed by atoms with van der Waals surface area (Å²) in [6, 6.07) is -0.535. The molecule has 6 rings (SSSR count). The summed E-state index contributed by atoms with van der Waals surface area (Å²) in [6.45, 7) is 9.88. The molecular weight excluding hydrogens is 418 g/mol. The smallest absolute Gasteiger partial charge is 0.171 e. The van der Waals surface area contributed by atoms with Gasteiger partial charge >= 0.3 is 0 Å². The number of carbonyl (C=O) groups excluding carboxylic acids is 1. The van der Waals surface area contributed by atoms with Crippen molar-refractivity contribution in [1.29, 1.82) is 0 Å². The van der Waals surface area contributed by atoms with E-state index in [9.17, 15) is 15.0 Å². The molecule has 13 atom stereocenters. The Hall–Kier alpha value is -0.530. The third-order valence-electron chi connectivity index (χ3n) is 12.0. The lowest BCUT2D eigenvalue weighted by Crippen LogP contribution is -2.70. The number of aliphatic hydroxyl groups excluding tert-OH is 1. The third-order valence-corrected chi connectivity index (χ3v) is 12.0. The molecule has 0 aromatic rings. The normalized spacial score (nSPS) is 62.5. The number of fused-ring (bicyclic) bond motifs is 7. The van der Waals surface area contributed by atoms with Gasteiger partial charge < -0.3 is 25.4 Å². The lowest BCUT2D eigenvalue weighted by molar-refractivity contribution is -0.273. The van der Waals surface area contributed by atoms with Crippen LogP contribution in [0, 0.1) is 46.3 Å². The van der Waals surface area contributed by atoms with Crippen molar-refractivity contribution in [2.45, 2.75) is 109 Å². The third kappa shape index (κ3) is 2.76. The molecule has 4 aliphatic carbocycles. The minimum absolute atomic E-state index is 0.0510. The van der Waals surface area contributed by atoms with Crippen molar-refractivity contribution in [3.05, 3.63) is 0 Å². The van der Waals surface area contributed by atoms with Crippen molar-refractivity contribution in [1.82, 2.24) is 0 Å². The van der Waals surface area contributed by atoms with Crippen LogP contribution in [0.4, 0.5) is 0 Å². The predicted octanol–water partition coefficient (Wildman–Crippen LogP) is 3.02. The van der Waals surface area contributed by atoms with Crippen LogP contribution in [0.2, 0.25) is 0 Å². The minimum Gasteiger partial charge on any atom is -0.391 e. The summed E-state index contributed by atoms with van der Waals surface area (Å²) < 4.78 is 13.2. The SMILES string of the molecule is C[C@@H]1CC[C@@]2(OC1)O[C@H]1C[C@H]3[C@@H]4CC(=O)[C@]5(O)C[C@@H](N)[C@@H](O)C[C@]5(C)[C@H]4CC[C@]3(C)[C@H]1[C@@H]2C. The molecule has 0 bridgehead atoms. The van der Waals surface area contributed by atoms with Crippen LogP contribution in [0.15, 0.2) is 0 Å². The maximum atomic E-state index is 13.5. The Labute approximate surface area is 198 Å². The molecule has 4 saturated carbocycles. The van der Waals surface area contributed by atoms with Crippen LogP contribution in [0.1, 0.15) is 79.1 Å². The first-order valence-corrected chi connectivity index (χ1v) is 13.5. The number of carbonyl (C=O) groups is 1. The van der Waals surface area contributed by atoms with E-state index in [4.69, 9.17) is 15.2 Å². The summed E-state index contributed by atoms with van der Waals surface area (Å²) in [7, 11) is 0. The van der Waals surface area contributed by atoms with Gasteiger partial charge in [0.15, 0.2) is 11.6 Å². The maximum absolute atomic E-state index is 13.5. The number of hydrogen-bond acceptors (Lipinski definition) is 6. The number of Topliss-reactive ketones (excluding diaryl/α,β-unsaturated/α-hetero) is 1. The van der Waals surface area contributed by atoms with Gasteiger partial charge in [0.2, 0.25) is 0 Å². The van der Waals surface area contributed by atoms with E-state index in [0.29, 0.717) is 36.5 Å². The highest BCUT2D eigenvalue weighted by Crippen LogP contribution is 2.71. The van der Waals surface area contributed by atoms with E-state index in [1.165, 1.54) is 0 Å². The van der Waals surface area contributed by atoms with Crippen molar-refractivity contribution in [3.63, 3.8) is 0 Å². The molecule has 1 spiro atoms. The van der Waals surface area contributed by atoms with Crippen LogP contribution < -0.4 is 5.73 Å². The highest BCUT2D eigenvalue weighted by molar-refractivity contribution is 5.89. The summed E-state index contributed by atoms with van der Waals surface area (Å²) >= 11 is 0. The van der Waals surface area contributed by atoms with Gasteiger partial charge in [-0.15, -0.1) is 0 Å². The van der Waals surface area contributed by atoms with Crippen molar-refractivity contribution in [2.24, 2.45) is 52.1 Å². The molecule has 0 amide bonds. The van der Waals surface area contributed by atoms with Gasteiger partial charge in [-0.3, -0.25) is 4.79 Å². The zero-order valence-corrected chi connectivity index (χ0v) is 20.8. The molecule has 6 heteroatoms. The van der Waals surface area contributed by atoms with Gasteiger partial charge in [-0.1, -0.05) is 27.7 Å². The first-order valence-electron chi connectivity index (χ1n) is 13.5. The van der Waals surface area contributed by atoms with E-state index in [0.717, 1.165) is 38.7 Å². The lowest BCUT2D eigenvalue weighted by atomic mass is 9.42. The van der Waals surface area contributed by atoms with Crippen LogP contribution in [0.25, 0.3) is 0 Å². The Bertz CT molecular complexity index is 840. The molecule has 2 saturated heterocycles. The van der Waals surface area contributed by atoms with Crippen LogP contribution in [-0.2, 0) is 14.3 Å². The molecule has 6 fully saturated rings. The van der Waals surface area contributed by atoms with E-state index in [1.807, 2.05) is 0 Å². The van der Waals surface area contributed by atoms with Gasteiger partial charge in [0.25, 0.3) is 0 Å². The van der Waals surface area contributed by atoms with Gasteiger partial charge in [-0.25, -0.2) is 0 Å². The van der Waals surface area contributed by atoms with Crippen LogP contribution in [0.5, 0.6) is 0 Å². The molecule has 2 heterocycles. The second-order valence-corrected chi connectivity index (χ2v) is 13.4. The predicted molar refractivity (Wildman–Crippen MR) is 123 cm³/mol. The fourth-order valence-corrected chi connectivity index (χ4v) is 10.1. The number of aliphatic hydroxyl groups is 2. The molecule has 0 aromatic carbocycles. The van der Waals surface area contributed by atoms with Crippen LogP contribution in [-0.4, -0.2) is 52.2 Å². The van der Waals surface area contributed by atoms with E-state index < -0.39 is 28.9 Å². The average molecular weight is 462 g/mol. The molecular formula is C27H43NO5. The minimum atomic E-state index is -1.41. The molecule has 6 nitrogen and oxygen atoms in total. The molecule has 6 aliphatic rings. The number of rotatable bonds is 0. The molecule has 0 aromatic heterocycles. The number of ether oxygens (including phenoxy) is 2. The van der Waals surface area contributed by atoms with Gasteiger partial charge in [0.1, 0.15) is 5.60 Å². The van der Waals surface area contributed by atoms with Crippen molar-refractivity contribution in [2.75, 3.05) is 6.61 Å². The van der Waals surface area contributed by atoms with Crippen molar-refractivity contribution in [3.8, 4) is 0 Å². The van der Waals surface area contributed by atoms with E-state index >= 15 is 0 Å². The fraction of sp³-hybridized carbons (Fsp3) is 0.963. The zero-order valence-electron chi connectivity index (χ0n) is 20.8. The Morgan fingerprint density at radius 2 is 1.85 bits per heavy atom. The van der Waals surface area contributed by atoms with Gasteiger partial charge in [0.05, 0.1) is 18.8 Å². The Kier molecular flexibility index (Phi) is 4.88. The number of ketones is 1. The van der Waals surface area contributed by atoms with Crippen LogP contribution in [0.3, 0.4) is 0 Å². The molecule has 2 aliphatic heterocycles. The second-order valence-electron chi connectivity index (χ2n) is 13.4. The van der Waals surface area contributed by atoms with Crippen molar-refractivity contribution < 1.29 is 24.5 Å². The molecule has 33 heavy (non-hydrogen) atoms. The summed E-state index contributed by atoms with van der Waals surface area (Å²) in [6.07, 6.45) is 5.76. The maximum Gasteiger partial charge on any atom is 0.171 e. The highest BCUT2D eigenvalue weighted by Gasteiger charge is 2.72. The summed E-state index contributed by atoms with van der Waals surface area (Å²) in [5.41, 5.74) is 4.23. The quantitative estimate of drug-likeness (QED) is 0.513. The van der Waals surface area contributed by atoms with E-state index in [1.54, 1.807) is 0 Å². The standard InChI is InChI=1S/C27H43NO5/c1-14-5-8-27(32-13-14)15(2)23-21(33-27)10-18-16-9-22(30)26(31)11-19(28)20(29)12-25(26,4)17(16)6-7-24(18,23)3/h14-21,23,29,31H,5-13,28H2,1-4H3/t14-,15+,16-,17+,18+,19-,20+,21+,23+,24+,25-,26-,27-/m1/s1. The van der Waals surface area contributed by atoms with Gasteiger partial charge in [0, 0.05) is 36.6 Å². The first kappa shape index (κ1) is 22.9. The topological polar surface area (TPSA) is 102 Å². The molecule has 0 unspecified atom stereocenters. The summed E-state index contributed by atoms with van der Waals surface area (Å²) in [5, 5.41) is 22.3. The molecule has 4 N–H and O–H groups in total. The number of nitrogens with two attached hydrogens (primary N) is 1. The average Bonchev–Trinajstić information content (AvgIpc) is 3.19. The number of hydrogen-bond donors (Lipinski definition) is 3. The Morgan fingerprint density at radius 3 is 2.55 bits per heavy atom. The van der Waals surface area contributed by atoms with E-state index in [2.05, 4.69) is 27.7 Å². The van der Waals surface area contributed by atoms with Crippen LogP contribution >= 0.6 is 0 Å². The Morgan fingerprint density at radius 1 is 1.09 bits per heavy atom. The van der Waals surface area contributed by atoms with E-state index in [-0.39, 0.29) is 35.6 Å². The largest absolute Gasteiger partial charge is 0.391 e.